The fraction of sp³-hybridized carbons (Fsp3) is 0.562. The van der Waals surface area contributed by atoms with Crippen molar-refractivity contribution in [1.29, 1.82) is 0 Å². The predicted octanol–water partition coefficient (Wildman–Crippen LogP) is -0.596. The maximum Gasteiger partial charge on any atom is 0.276 e. The fourth-order valence-corrected chi connectivity index (χ4v) is 3.22. The van der Waals surface area contributed by atoms with Gasteiger partial charge < -0.3 is 19.4 Å². The van der Waals surface area contributed by atoms with E-state index in [0.717, 1.165) is 51.0 Å². The molecule has 0 atom stereocenters. The van der Waals surface area contributed by atoms with Gasteiger partial charge in [-0.15, -0.1) is 5.10 Å². The third kappa shape index (κ3) is 3.45. The molecule has 138 valence electrons. The average molecular weight is 358 g/mol. The van der Waals surface area contributed by atoms with Gasteiger partial charge in [0.1, 0.15) is 18.0 Å². The van der Waals surface area contributed by atoms with Crippen molar-refractivity contribution in [3.63, 3.8) is 0 Å². The van der Waals surface area contributed by atoms with Gasteiger partial charge in [0, 0.05) is 52.4 Å². The SMILES string of the molecule is Cn1cc(C(=O)N2CCN(c3cc(N4CCOCC4)ncn3)CC2)nn1. The predicted molar refractivity (Wildman–Crippen MR) is 94.2 cm³/mol. The molecular formula is C16H22N8O2. The van der Waals surface area contributed by atoms with Crippen LogP contribution in [0.15, 0.2) is 18.6 Å². The van der Waals surface area contributed by atoms with Crippen LogP contribution in [0.25, 0.3) is 0 Å². The molecule has 10 heteroatoms. The second-order valence-corrected chi connectivity index (χ2v) is 6.39. The van der Waals surface area contributed by atoms with Crippen LogP contribution in [0.3, 0.4) is 0 Å². The van der Waals surface area contributed by atoms with Gasteiger partial charge in [-0.1, -0.05) is 5.21 Å². The lowest BCUT2D eigenvalue weighted by Gasteiger charge is -2.35. The van der Waals surface area contributed by atoms with Crippen molar-refractivity contribution < 1.29 is 9.53 Å². The smallest absolute Gasteiger partial charge is 0.276 e. The Labute approximate surface area is 151 Å². The summed E-state index contributed by atoms with van der Waals surface area (Å²) in [5, 5.41) is 7.73. The van der Waals surface area contributed by atoms with Crippen LogP contribution >= 0.6 is 0 Å². The number of piperazine rings is 1. The second kappa shape index (κ2) is 7.24. The minimum atomic E-state index is -0.0746. The number of carbonyl (C=O) groups excluding carboxylic acids is 1. The van der Waals surface area contributed by atoms with E-state index >= 15 is 0 Å². The van der Waals surface area contributed by atoms with E-state index in [1.807, 2.05) is 11.0 Å². The number of anilines is 2. The van der Waals surface area contributed by atoms with E-state index in [9.17, 15) is 4.79 Å². The minimum absolute atomic E-state index is 0.0746. The van der Waals surface area contributed by atoms with E-state index in [-0.39, 0.29) is 5.91 Å². The van der Waals surface area contributed by atoms with Crippen LogP contribution in [0.1, 0.15) is 10.5 Å². The first-order chi connectivity index (χ1) is 12.7. The molecule has 0 unspecified atom stereocenters. The van der Waals surface area contributed by atoms with Gasteiger partial charge in [0.15, 0.2) is 5.69 Å². The summed E-state index contributed by atoms with van der Waals surface area (Å²) in [6.45, 7) is 5.86. The molecular weight excluding hydrogens is 336 g/mol. The van der Waals surface area contributed by atoms with Crippen molar-refractivity contribution in [3.8, 4) is 0 Å². The lowest BCUT2D eigenvalue weighted by molar-refractivity contribution is 0.0740. The van der Waals surface area contributed by atoms with Crippen LogP contribution < -0.4 is 9.80 Å². The molecule has 10 nitrogen and oxygen atoms in total. The Balaban J connectivity index is 1.39. The summed E-state index contributed by atoms with van der Waals surface area (Å²) in [6, 6.07) is 2.02. The van der Waals surface area contributed by atoms with Gasteiger partial charge >= 0.3 is 0 Å². The highest BCUT2D eigenvalue weighted by molar-refractivity contribution is 5.92. The number of hydrogen-bond donors (Lipinski definition) is 0. The Morgan fingerprint density at radius 1 is 1.00 bits per heavy atom. The second-order valence-electron chi connectivity index (χ2n) is 6.39. The number of nitrogens with zero attached hydrogens (tertiary/aromatic N) is 8. The molecule has 0 radical (unpaired) electrons. The minimum Gasteiger partial charge on any atom is -0.378 e. The molecule has 0 saturated carbocycles. The van der Waals surface area contributed by atoms with E-state index in [1.165, 1.54) is 4.68 Å². The van der Waals surface area contributed by atoms with E-state index in [4.69, 9.17) is 4.74 Å². The van der Waals surface area contributed by atoms with Crippen LogP contribution in [0, 0.1) is 0 Å². The van der Waals surface area contributed by atoms with Crippen LogP contribution in [-0.4, -0.2) is 88.3 Å². The molecule has 4 heterocycles. The molecule has 2 fully saturated rings. The highest BCUT2D eigenvalue weighted by Gasteiger charge is 2.25. The van der Waals surface area contributed by atoms with Gasteiger partial charge in [-0.05, 0) is 0 Å². The first-order valence-electron chi connectivity index (χ1n) is 8.76. The van der Waals surface area contributed by atoms with E-state index in [0.29, 0.717) is 18.8 Å². The zero-order valence-electron chi connectivity index (χ0n) is 14.8. The maximum atomic E-state index is 12.5. The number of carbonyl (C=O) groups is 1. The number of morpholine rings is 1. The Morgan fingerprint density at radius 2 is 1.65 bits per heavy atom. The lowest BCUT2D eigenvalue weighted by atomic mass is 10.2. The van der Waals surface area contributed by atoms with Gasteiger partial charge in [0.05, 0.1) is 19.4 Å². The molecule has 2 aromatic heterocycles. The highest BCUT2D eigenvalue weighted by atomic mass is 16.5. The maximum absolute atomic E-state index is 12.5. The van der Waals surface area contributed by atoms with Crippen LogP contribution in [0.5, 0.6) is 0 Å². The Bertz CT molecular complexity index is 765. The summed E-state index contributed by atoms with van der Waals surface area (Å²) in [4.78, 5) is 27.5. The van der Waals surface area contributed by atoms with E-state index in [1.54, 1.807) is 19.6 Å². The number of hydrogen-bond acceptors (Lipinski definition) is 8. The van der Waals surface area contributed by atoms with Crippen molar-refractivity contribution in [1.82, 2.24) is 29.9 Å². The third-order valence-electron chi connectivity index (χ3n) is 4.69. The molecule has 2 saturated heterocycles. The number of amides is 1. The van der Waals surface area contributed by atoms with Gasteiger partial charge in [-0.25, -0.2) is 9.97 Å². The zero-order valence-corrected chi connectivity index (χ0v) is 14.8. The zero-order chi connectivity index (χ0) is 17.9. The molecule has 4 rings (SSSR count). The van der Waals surface area contributed by atoms with Crippen LogP contribution in [0.4, 0.5) is 11.6 Å². The fourth-order valence-electron chi connectivity index (χ4n) is 3.22. The van der Waals surface area contributed by atoms with Crippen molar-refractivity contribution in [3.05, 3.63) is 24.3 Å². The molecule has 1 amide bonds. The quantitative estimate of drug-likeness (QED) is 0.718. The molecule has 0 N–H and O–H groups in total. The number of aromatic nitrogens is 5. The number of aryl methyl sites for hydroxylation is 1. The summed E-state index contributed by atoms with van der Waals surface area (Å²) in [5.41, 5.74) is 0.387. The highest BCUT2D eigenvalue weighted by Crippen LogP contribution is 2.20. The molecule has 0 bridgehead atoms. The first-order valence-corrected chi connectivity index (χ1v) is 8.76. The monoisotopic (exact) mass is 358 g/mol. The van der Waals surface area contributed by atoms with Crippen LogP contribution in [-0.2, 0) is 11.8 Å². The van der Waals surface area contributed by atoms with Crippen molar-refractivity contribution in [2.24, 2.45) is 7.05 Å². The van der Waals surface area contributed by atoms with Gasteiger partial charge in [0.25, 0.3) is 5.91 Å². The topological polar surface area (TPSA) is 92.5 Å². The summed E-state index contributed by atoms with van der Waals surface area (Å²) >= 11 is 0. The average Bonchev–Trinajstić information content (AvgIpc) is 3.15. The Kier molecular flexibility index (Phi) is 4.65. The van der Waals surface area contributed by atoms with E-state index in [2.05, 4.69) is 30.1 Å². The van der Waals surface area contributed by atoms with Crippen molar-refractivity contribution in [2.75, 3.05) is 62.3 Å². The first kappa shape index (κ1) is 16.7. The molecule has 0 aliphatic carbocycles. The van der Waals surface area contributed by atoms with Crippen LogP contribution in [0.2, 0.25) is 0 Å². The summed E-state index contributed by atoms with van der Waals surface area (Å²) < 4.78 is 6.94. The summed E-state index contributed by atoms with van der Waals surface area (Å²) in [5.74, 6) is 1.75. The third-order valence-corrected chi connectivity index (χ3v) is 4.69. The lowest BCUT2D eigenvalue weighted by Crippen LogP contribution is -2.49. The van der Waals surface area contributed by atoms with Gasteiger partial charge in [-0.3, -0.25) is 9.48 Å². The molecule has 26 heavy (non-hydrogen) atoms. The normalized spacial score (nSPS) is 18.3. The number of rotatable bonds is 3. The largest absolute Gasteiger partial charge is 0.378 e. The summed E-state index contributed by atoms with van der Waals surface area (Å²) in [6.07, 6.45) is 3.25. The Hall–Kier alpha value is -2.75. The Morgan fingerprint density at radius 3 is 2.27 bits per heavy atom. The molecule has 2 aliphatic heterocycles. The standard InChI is InChI=1S/C16H22N8O2/c1-21-11-13(19-20-21)16(25)24-4-2-22(3-5-24)14-10-15(18-12-17-14)23-6-8-26-9-7-23/h10-12H,2-9H2,1H3. The van der Waals surface area contributed by atoms with Crippen molar-refractivity contribution >= 4 is 17.5 Å². The van der Waals surface area contributed by atoms with Gasteiger partial charge in [0.2, 0.25) is 0 Å². The van der Waals surface area contributed by atoms with E-state index < -0.39 is 0 Å². The van der Waals surface area contributed by atoms with Crippen molar-refractivity contribution in [2.45, 2.75) is 0 Å². The molecule has 0 aromatic carbocycles. The molecule has 2 aliphatic rings. The van der Waals surface area contributed by atoms with Gasteiger partial charge in [-0.2, -0.15) is 0 Å². The molecule has 2 aromatic rings. The molecule has 0 spiro atoms. The number of ether oxygens (including phenoxy) is 1. The summed E-state index contributed by atoms with van der Waals surface area (Å²) in [7, 11) is 1.75.